The molecule has 0 radical (unpaired) electrons. The van der Waals surface area contributed by atoms with Crippen LogP contribution in [-0.2, 0) is 6.42 Å². The van der Waals surface area contributed by atoms with E-state index >= 15 is 0 Å². The Morgan fingerprint density at radius 1 is 1.24 bits per heavy atom. The second-order valence-electron chi connectivity index (χ2n) is 5.40. The van der Waals surface area contributed by atoms with Crippen molar-refractivity contribution in [3.05, 3.63) is 65.0 Å². The predicted molar refractivity (Wildman–Crippen MR) is 79.4 cm³/mol. The van der Waals surface area contributed by atoms with Crippen LogP contribution in [-0.4, -0.2) is 12.9 Å². The number of halogens is 1. The van der Waals surface area contributed by atoms with Crippen LogP contribution in [0.5, 0.6) is 5.75 Å². The van der Waals surface area contributed by atoms with E-state index in [1.165, 1.54) is 29.3 Å². The zero-order chi connectivity index (χ0) is 14.7. The van der Waals surface area contributed by atoms with E-state index < -0.39 is 5.82 Å². The molecule has 2 aromatic rings. The summed E-state index contributed by atoms with van der Waals surface area (Å²) in [6.07, 6.45) is 3.97. The Hall–Kier alpha value is -2.16. The normalized spacial score (nSPS) is 17.1. The summed E-state index contributed by atoms with van der Waals surface area (Å²) in [6.45, 7) is 0.517. The van der Waals surface area contributed by atoms with Crippen molar-refractivity contribution in [3.8, 4) is 5.75 Å². The van der Waals surface area contributed by atoms with Crippen LogP contribution < -0.4 is 4.74 Å². The molecule has 0 aliphatic heterocycles. The molecule has 1 aliphatic rings. The molecule has 3 heteroatoms. The lowest BCUT2D eigenvalue weighted by Gasteiger charge is -2.25. The summed E-state index contributed by atoms with van der Waals surface area (Å²) in [6, 6.07) is 12.5. The number of rotatable bonds is 4. The van der Waals surface area contributed by atoms with E-state index in [-0.39, 0.29) is 5.56 Å². The SMILES string of the molecule is O=Cc1cc(F)ccc1OCC1CCCc2ccccc21. The van der Waals surface area contributed by atoms with Crippen LogP contribution in [0.2, 0.25) is 0 Å². The Morgan fingerprint density at radius 3 is 2.95 bits per heavy atom. The molecule has 2 aromatic carbocycles. The first-order valence-corrected chi connectivity index (χ1v) is 7.23. The van der Waals surface area contributed by atoms with E-state index in [1.807, 2.05) is 6.07 Å². The molecule has 0 saturated heterocycles. The van der Waals surface area contributed by atoms with Gasteiger partial charge in [0.25, 0.3) is 0 Å². The molecule has 2 nitrogen and oxygen atoms in total. The third-order valence-corrected chi connectivity index (χ3v) is 4.03. The van der Waals surface area contributed by atoms with Crippen molar-refractivity contribution >= 4 is 6.29 Å². The van der Waals surface area contributed by atoms with E-state index in [2.05, 4.69) is 18.2 Å². The van der Waals surface area contributed by atoms with Gasteiger partial charge in [0.1, 0.15) is 11.6 Å². The largest absolute Gasteiger partial charge is 0.492 e. The molecule has 21 heavy (non-hydrogen) atoms. The van der Waals surface area contributed by atoms with Crippen molar-refractivity contribution in [1.29, 1.82) is 0 Å². The van der Waals surface area contributed by atoms with Gasteiger partial charge in [-0.15, -0.1) is 0 Å². The van der Waals surface area contributed by atoms with E-state index in [0.717, 1.165) is 19.3 Å². The van der Waals surface area contributed by atoms with Crippen molar-refractivity contribution in [2.75, 3.05) is 6.61 Å². The monoisotopic (exact) mass is 284 g/mol. The Morgan fingerprint density at radius 2 is 2.10 bits per heavy atom. The van der Waals surface area contributed by atoms with Gasteiger partial charge in [-0.1, -0.05) is 24.3 Å². The van der Waals surface area contributed by atoms with Crippen molar-refractivity contribution in [2.24, 2.45) is 0 Å². The number of carbonyl (C=O) groups is 1. The Kier molecular flexibility index (Phi) is 4.00. The lowest BCUT2D eigenvalue weighted by Crippen LogP contribution is -2.17. The van der Waals surface area contributed by atoms with Gasteiger partial charge in [0, 0.05) is 5.92 Å². The summed E-state index contributed by atoms with van der Waals surface area (Å²) in [5.41, 5.74) is 2.98. The molecule has 0 bridgehead atoms. The molecule has 0 saturated carbocycles. The number of ether oxygens (including phenoxy) is 1. The van der Waals surface area contributed by atoms with Gasteiger partial charge in [-0.25, -0.2) is 4.39 Å². The molecule has 3 rings (SSSR count). The fourth-order valence-electron chi connectivity index (χ4n) is 2.96. The Labute approximate surface area is 123 Å². The number of aryl methyl sites for hydroxylation is 1. The van der Waals surface area contributed by atoms with Gasteiger partial charge >= 0.3 is 0 Å². The summed E-state index contributed by atoms with van der Waals surface area (Å²) in [5.74, 6) is 0.362. The third-order valence-electron chi connectivity index (χ3n) is 4.03. The quantitative estimate of drug-likeness (QED) is 0.789. The highest BCUT2D eigenvalue weighted by Crippen LogP contribution is 2.32. The number of benzene rings is 2. The van der Waals surface area contributed by atoms with Crippen molar-refractivity contribution < 1.29 is 13.9 Å². The maximum Gasteiger partial charge on any atom is 0.153 e. The average molecular weight is 284 g/mol. The summed E-state index contributed by atoms with van der Waals surface area (Å²) in [5, 5.41) is 0. The van der Waals surface area contributed by atoms with Gasteiger partial charge in [-0.05, 0) is 48.6 Å². The summed E-state index contributed by atoms with van der Waals surface area (Å²) < 4.78 is 18.9. The molecular formula is C18H17FO2. The van der Waals surface area contributed by atoms with Gasteiger partial charge in [0.05, 0.1) is 12.2 Å². The maximum atomic E-state index is 13.1. The van der Waals surface area contributed by atoms with E-state index in [1.54, 1.807) is 0 Å². The fraction of sp³-hybridized carbons (Fsp3) is 0.278. The van der Waals surface area contributed by atoms with Gasteiger partial charge in [-0.2, -0.15) is 0 Å². The topological polar surface area (TPSA) is 26.3 Å². The minimum Gasteiger partial charge on any atom is -0.492 e. The first-order valence-electron chi connectivity index (χ1n) is 7.23. The summed E-state index contributed by atoms with van der Waals surface area (Å²) >= 11 is 0. The second-order valence-corrected chi connectivity index (χ2v) is 5.40. The first kappa shape index (κ1) is 13.8. The van der Waals surface area contributed by atoms with E-state index in [0.29, 0.717) is 24.6 Å². The highest BCUT2D eigenvalue weighted by Gasteiger charge is 2.20. The van der Waals surface area contributed by atoms with Crippen LogP contribution in [0.3, 0.4) is 0 Å². The summed E-state index contributed by atoms with van der Waals surface area (Å²) in [4.78, 5) is 11.0. The Balaban J connectivity index is 1.76. The molecule has 1 unspecified atom stereocenters. The van der Waals surface area contributed by atoms with Crippen LogP contribution in [0, 0.1) is 5.82 Å². The molecule has 1 atom stereocenters. The number of hydrogen-bond acceptors (Lipinski definition) is 2. The zero-order valence-corrected chi connectivity index (χ0v) is 11.7. The van der Waals surface area contributed by atoms with Crippen molar-refractivity contribution in [2.45, 2.75) is 25.2 Å². The Bertz CT molecular complexity index is 651. The minimum absolute atomic E-state index is 0.263. The number of fused-ring (bicyclic) bond motifs is 1. The highest BCUT2D eigenvalue weighted by atomic mass is 19.1. The molecule has 0 aromatic heterocycles. The van der Waals surface area contributed by atoms with E-state index in [9.17, 15) is 9.18 Å². The molecular weight excluding hydrogens is 267 g/mol. The van der Waals surface area contributed by atoms with Crippen LogP contribution in [0.1, 0.15) is 40.2 Å². The van der Waals surface area contributed by atoms with Gasteiger partial charge in [0.2, 0.25) is 0 Å². The zero-order valence-electron chi connectivity index (χ0n) is 11.7. The number of aldehydes is 1. The standard InChI is InChI=1S/C18H17FO2/c19-16-8-9-18(15(10-16)11-20)21-12-14-6-3-5-13-4-1-2-7-17(13)14/h1-2,4,7-11,14H,3,5-6,12H2. The molecule has 0 heterocycles. The fourth-order valence-corrected chi connectivity index (χ4v) is 2.96. The minimum atomic E-state index is -0.424. The first-order chi connectivity index (χ1) is 10.3. The summed E-state index contributed by atoms with van der Waals surface area (Å²) in [7, 11) is 0. The molecule has 108 valence electrons. The van der Waals surface area contributed by atoms with Crippen LogP contribution in [0.25, 0.3) is 0 Å². The number of hydrogen-bond donors (Lipinski definition) is 0. The van der Waals surface area contributed by atoms with Gasteiger partial charge in [-0.3, -0.25) is 4.79 Å². The molecule has 0 amide bonds. The van der Waals surface area contributed by atoms with Crippen molar-refractivity contribution in [3.63, 3.8) is 0 Å². The maximum absolute atomic E-state index is 13.1. The lowest BCUT2D eigenvalue weighted by atomic mass is 9.83. The van der Waals surface area contributed by atoms with Crippen molar-refractivity contribution in [1.82, 2.24) is 0 Å². The average Bonchev–Trinajstić information content (AvgIpc) is 2.53. The predicted octanol–water partition coefficient (Wildman–Crippen LogP) is 4.14. The second kappa shape index (κ2) is 6.08. The van der Waals surface area contributed by atoms with Crippen LogP contribution >= 0.6 is 0 Å². The lowest BCUT2D eigenvalue weighted by molar-refractivity contribution is 0.111. The smallest absolute Gasteiger partial charge is 0.153 e. The molecule has 0 N–H and O–H groups in total. The molecule has 0 spiro atoms. The highest BCUT2D eigenvalue weighted by molar-refractivity contribution is 5.79. The molecule has 1 aliphatic carbocycles. The molecule has 0 fully saturated rings. The third kappa shape index (κ3) is 2.97. The van der Waals surface area contributed by atoms with Gasteiger partial charge in [0.15, 0.2) is 6.29 Å². The van der Waals surface area contributed by atoms with Gasteiger partial charge < -0.3 is 4.74 Å². The number of carbonyl (C=O) groups excluding carboxylic acids is 1. The van der Waals surface area contributed by atoms with Crippen LogP contribution in [0.15, 0.2) is 42.5 Å². The van der Waals surface area contributed by atoms with E-state index in [4.69, 9.17) is 4.74 Å². The van der Waals surface area contributed by atoms with Crippen LogP contribution in [0.4, 0.5) is 4.39 Å².